The minimum absolute atomic E-state index is 0.267. The highest BCUT2D eigenvalue weighted by Crippen LogP contribution is 2.30. The zero-order valence-electron chi connectivity index (χ0n) is 13.4. The van der Waals surface area contributed by atoms with Crippen LogP contribution in [-0.2, 0) is 11.0 Å². The molecule has 0 aromatic heterocycles. The maximum absolute atomic E-state index is 12.7. The number of hydrogen-bond donors (Lipinski definition) is 2. The van der Waals surface area contributed by atoms with E-state index in [1.165, 1.54) is 12.1 Å². The molecule has 1 unspecified atom stereocenters. The Labute approximate surface area is 143 Å². The van der Waals surface area contributed by atoms with Crippen LogP contribution < -0.4 is 10.6 Å². The van der Waals surface area contributed by atoms with Gasteiger partial charge in [-0.25, -0.2) is 0 Å². The van der Waals surface area contributed by atoms with Crippen molar-refractivity contribution in [2.75, 3.05) is 6.54 Å². The molecule has 2 aromatic carbocycles. The fraction of sp³-hybridized carbons (Fsp3) is 0.222. The van der Waals surface area contributed by atoms with Crippen molar-refractivity contribution in [3.05, 3.63) is 71.3 Å². The molecule has 2 amide bonds. The highest BCUT2D eigenvalue weighted by atomic mass is 19.4. The second-order valence-corrected chi connectivity index (χ2v) is 5.46. The fourth-order valence-electron chi connectivity index (χ4n) is 2.21. The number of alkyl halides is 3. The summed E-state index contributed by atoms with van der Waals surface area (Å²) in [5.41, 5.74) is -0.0257. The Morgan fingerprint density at radius 1 is 1.04 bits per heavy atom. The van der Waals surface area contributed by atoms with Crippen LogP contribution in [0.1, 0.15) is 34.5 Å². The summed E-state index contributed by atoms with van der Waals surface area (Å²) in [5.74, 6) is -0.892. The third kappa shape index (κ3) is 5.34. The summed E-state index contributed by atoms with van der Waals surface area (Å²) in [5, 5.41) is 5.02. The van der Waals surface area contributed by atoms with Gasteiger partial charge in [0.15, 0.2) is 0 Å². The lowest BCUT2D eigenvalue weighted by molar-refractivity contribution is -0.137. The van der Waals surface area contributed by atoms with E-state index in [4.69, 9.17) is 0 Å². The molecule has 0 bridgehead atoms. The molecule has 0 aliphatic carbocycles. The largest absolute Gasteiger partial charge is 0.416 e. The first-order valence-corrected chi connectivity index (χ1v) is 7.57. The van der Waals surface area contributed by atoms with Gasteiger partial charge in [0.25, 0.3) is 5.91 Å². The van der Waals surface area contributed by atoms with Gasteiger partial charge in [0.2, 0.25) is 5.91 Å². The third-order valence-corrected chi connectivity index (χ3v) is 3.54. The van der Waals surface area contributed by atoms with Crippen LogP contribution >= 0.6 is 0 Å². The summed E-state index contributed by atoms with van der Waals surface area (Å²) in [6, 6.07) is 12.5. The van der Waals surface area contributed by atoms with E-state index < -0.39 is 29.6 Å². The van der Waals surface area contributed by atoms with Gasteiger partial charge in [0.1, 0.15) is 0 Å². The molecular formula is C18H17F3N2O2. The molecule has 4 nitrogen and oxygen atoms in total. The summed E-state index contributed by atoms with van der Waals surface area (Å²) >= 11 is 0. The molecular weight excluding hydrogens is 333 g/mol. The van der Waals surface area contributed by atoms with Gasteiger partial charge in [-0.05, 0) is 36.8 Å². The first-order valence-electron chi connectivity index (χ1n) is 7.57. The summed E-state index contributed by atoms with van der Waals surface area (Å²) < 4.78 is 38.2. The Morgan fingerprint density at radius 3 is 2.36 bits per heavy atom. The first kappa shape index (κ1) is 18.5. The van der Waals surface area contributed by atoms with Crippen molar-refractivity contribution < 1.29 is 22.8 Å². The Kier molecular flexibility index (Phi) is 5.80. The number of hydrogen-bond acceptors (Lipinski definition) is 2. The number of carbonyl (C=O) groups excluding carboxylic acids is 2. The number of benzene rings is 2. The van der Waals surface area contributed by atoms with Gasteiger partial charge in [-0.15, -0.1) is 0 Å². The molecule has 0 radical (unpaired) electrons. The Morgan fingerprint density at radius 2 is 1.72 bits per heavy atom. The van der Waals surface area contributed by atoms with E-state index in [1.807, 2.05) is 0 Å². The lowest BCUT2D eigenvalue weighted by atomic mass is 10.0. The van der Waals surface area contributed by atoms with Crippen molar-refractivity contribution >= 4 is 11.8 Å². The minimum atomic E-state index is -4.44. The first-order chi connectivity index (χ1) is 11.8. The molecule has 2 aromatic rings. The number of halogens is 3. The Bertz CT molecular complexity index is 745. The minimum Gasteiger partial charge on any atom is -0.348 e. The molecule has 1 atom stereocenters. The Balaban J connectivity index is 1.91. The number of nitrogens with one attached hydrogen (secondary N) is 2. The smallest absolute Gasteiger partial charge is 0.348 e. The summed E-state index contributed by atoms with van der Waals surface area (Å²) in [6.07, 6.45) is -4.44. The molecule has 25 heavy (non-hydrogen) atoms. The van der Waals surface area contributed by atoms with E-state index >= 15 is 0 Å². The predicted molar refractivity (Wildman–Crippen MR) is 86.8 cm³/mol. The lowest BCUT2D eigenvalue weighted by Crippen LogP contribution is -2.38. The average molecular weight is 350 g/mol. The molecule has 7 heteroatoms. The molecule has 0 fully saturated rings. The van der Waals surface area contributed by atoms with Crippen molar-refractivity contribution in [1.29, 1.82) is 0 Å². The fourth-order valence-corrected chi connectivity index (χ4v) is 2.21. The molecule has 0 aliphatic rings. The van der Waals surface area contributed by atoms with Crippen LogP contribution in [0.2, 0.25) is 0 Å². The SMILES string of the molecule is CC(NC(=O)CNC(=O)c1ccccc1)c1cccc(C(F)(F)F)c1. The van der Waals surface area contributed by atoms with Crippen molar-refractivity contribution in [2.45, 2.75) is 19.1 Å². The van der Waals surface area contributed by atoms with Gasteiger partial charge in [-0.3, -0.25) is 9.59 Å². The number of amides is 2. The second-order valence-electron chi connectivity index (χ2n) is 5.46. The number of carbonyl (C=O) groups is 2. The molecule has 0 saturated heterocycles. The highest BCUT2D eigenvalue weighted by molar-refractivity contribution is 5.96. The normalized spacial score (nSPS) is 12.3. The third-order valence-electron chi connectivity index (χ3n) is 3.54. The molecule has 2 N–H and O–H groups in total. The van der Waals surface area contributed by atoms with Crippen molar-refractivity contribution in [1.82, 2.24) is 10.6 Å². The standard InChI is InChI=1S/C18H17F3N2O2/c1-12(14-8-5-9-15(10-14)18(19,20)21)23-16(24)11-22-17(25)13-6-3-2-4-7-13/h2-10,12H,11H2,1H3,(H,22,25)(H,23,24). The summed E-state index contributed by atoms with van der Waals surface area (Å²) in [4.78, 5) is 23.7. The van der Waals surface area contributed by atoms with Crippen LogP contribution in [0.25, 0.3) is 0 Å². The summed E-state index contributed by atoms with van der Waals surface area (Å²) in [6.45, 7) is 1.31. The van der Waals surface area contributed by atoms with Gasteiger partial charge in [-0.2, -0.15) is 13.2 Å². The maximum atomic E-state index is 12.7. The second kappa shape index (κ2) is 7.83. The van der Waals surface area contributed by atoms with E-state index in [1.54, 1.807) is 37.3 Å². The molecule has 0 saturated carbocycles. The van der Waals surface area contributed by atoms with Crippen LogP contribution in [0.5, 0.6) is 0 Å². The molecule has 132 valence electrons. The van der Waals surface area contributed by atoms with Crippen LogP contribution in [0.4, 0.5) is 13.2 Å². The lowest BCUT2D eigenvalue weighted by Gasteiger charge is -2.16. The number of rotatable bonds is 5. The average Bonchev–Trinajstić information content (AvgIpc) is 2.59. The van der Waals surface area contributed by atoms with Gasteiger partial charge in [0, 0.05) is 5.56 Å². The van der Waals surface area contributed by atoms with Crippen molar-refractivity contribution in [2.24, 2.45) is 0 Å². The van der Waals surface area contributed by atoms with Gasteiger partial charge < -0.3 is 10.6 Å². The quantitative estimate of drug-likeness (QED) is 0.869. The van der Waals surface area contributed by atoms with Crippen molar-refractivity contribution in [3.63, 3.8) is 0 Å². The Hall–Kier alpha value is -2.83. The zero-order valence-corrected chi connectivity index (χ0v) is 13.4. The molecule has 0 heterocycles. The van der Waals surface area contributed by atoms with Gasteiger partial charge in [0.05, 0.1) is 18.2 Å². The molecule has 0 aliphatic heterocycles. The van der Waals surface area contributed by atoms with Crippen molar-refractivity contribution in [3.8, 4) is 0 Å². The monoisotopic (exact) mass is 350 g/mol. The van der Waals surface area contributed by atoms with Crippen LogP contribution in [-0.4, -0.2) is 18.4 Å². The molecule has 2 rings (SSSR count). The predicted octanol–water partition coefficient (Wildman–Crippen LogP) is 3.31. The zero-order chi connectivity index (χ0) is 18.4. The van der Waals surface area contributed by atoms with Crippen LogP contribution in [0.3, 0.4) is 0 Å². The van der Waals surface area contributed by atoms with Gasteiger partial charge in [-0.1, -0.05) is 30.3 Å². The van der Waals surface area contributed by atoms with Gasteiger partial charge >= 0.3 is 6.18 Å². The maximum Gasteiger partial charge on any atom is 0.416 e. The highest BCUT2D eigenvalue weighted by Gasteiger charge is 2.30. The van der Waals surface area contributed by atoms with E-state index in [-0.39, 0.29) is 6.54 Å². The topological polar surface area (TPSA) is 58.2 Å². The van der Waals surface area contributed by atoms with Crippen LogP contribution in [0, 0.1) is 0 Å². The van der Waals surface area contributed by atoms with E-state index in [2.05, 4.69) is 10.6 Å². The summed E-state index contributed by atoms with van der Waals surface area (Å²) in [7, 11) is 0. The van der Waals surface area contributed by atoms with E-state index in [0.29, 0.717) is 11.1 Å². The van der Waals surface area contributed by atoms with E-state index in [0.717, 1.165) is 12.1 Å². The molecule has 0 spiro atoms. The van der Waals surface area contributed by atoms with Crippen LogP contribution in [0.15, 0.2) is 54.6 Å². The van der Waals surface area contributed by atoms with E-state index in [9.17, 15) is 22.8 Å².